The van der Waals surface area contributed by atoms with Crippen LogP contribution >= 0.6 is 0 Å². The van der Waals surface area contributed by atoms with Crippen LogP contribution in [0.1, 0.15) is 25.5 Å². The maximum absolute atomic E-state index is 11.7. The molecule has 2 atom stereocenters. The molecule has 1 aliphatic heterocycles. The second-order valence-electron chi connectivity index (χ2n) is 3.77. The summed E-state index contributed by atoms with van der Waals surface area (Å²) in [5.74, 6) is 0.0753. The Morgan fingerprint density at radius 2 is 2.00 bits per heavy atom. The summed E-state index contributed by atoms with van der Waals surface area (Å²) in [6.45, 7) is 3.83. The second kappa shape index (κ2) is 3.85. The van der Waals surface area contributed by atoms with Crippen LogP contribution in [-0.4, -0.2) is 23.2 Å². The fourth-order valence-corrected chi connectivity index (χ4v) is 1.69. The zero-order valence-corrected chi connectivity index (χ0v) is 8.92. The van der Waals surface area contributed by atoms with E-state index in [1.807, 2.05) is 44.2 Å². The maximum Gasteiger partial charge on any atom is 0.252 e. The average Bonchev–Trinajstić information content (AvgIpc) is 2.60. The molecule has 0 fully saturated rings. The van der Waals surface area contributed by atoms with E-state index in [-0.39, 0.29) is 18.0 Å². The maximum atomic E-state index is 11.7. The van der Waals surface area contributed by atoms with Gasteiger partial charge in [-0.1, -0.05) is 30.3 Å². The van der Waals surface area contributed by atoms with Crippen LogP contribution in [-0.2, 0) is 4.79 Å². The minimum absolute atomic E-state index is 0.0624. The Bertz CT molecular complexity index is 386. The van der Waals surface area contributed by atoms with Gasteiger partial charge < -0.3 is 0 Å². The molecule has 0 bridgehead atoms. The quantitative estimate of drug-likeness (QED) is 0.722. The monoisotopic (exact) mass is 202 g/mol. The van der Waals surface area contributed by atoms with Crippen molar-refractivity contribution in [2.75, 3.05) is 0 Å². The van der Waals surface area contributed by atoms with E-state index in [1.165, 1.54) is 0 Å². The van der Waals surface area contributed by atoms with Crippen molar-refractivity contribution >= 4 is 12.2 Å². The predicted molar refractivity (Wildman–Crippen MR) is 59.7 cm³/mol. The number of rotatable bonds is 2. The zero-order valence-electron chi connectivity index (χ0n) is 8.92. The van der Waals surface area contributed by atoms with Gasteiger partial charge in [0.25, 0.3) is 5.91 Å². The first-order chi connectivity index (χ1) is 7.20. The molecular weight excluding hydrogens is 188 g/mol. The average molecular weight is 202 g/mol. The third kappa shape index (κ3) is 1.77. The van der Waals surface area contributed by atoms with Crippen LogP contribution in [0.5, 0.6) is 0 Å². The van der Waals surface area contributed by atoms with E-state index in [0.29, 0.717) is 0 Å². The summed E-state index contributed by atoms with van der Waals surface area (Å²) in [6.07, 6.45) is 1.64. The van der Waals surface area contributed by atoms with Gasteiger partial charge in [0.1, 0.15) is 6.04 Å². The minimum Gasteiger partial charge on any atom is -0.294 e. The fourth-order valence-electron chi connectivity index (χ4n) is 1.69. The molecule has 0 spiro atoms. The highest BCUT2D eigenvalue weighted by atomic mass is 16.2. The van der Waals surface area contributed by atoms with Crippen molar-refractivity contribution in [1.29, 1.82) is 0 Å². The molecule has 1 heterocycles. The number of nitrogens with zero attached hydrogens (tertiary/aromatic N) is 2. The van der Waals surface area contributed by atoms with Gasteiger partial charge in [0, 0.05) is 0 Å². The molecule has 0 aromatic heterocycles. The SMILES string of the molecule is C[C@H]1N=CN([C@@H](C)c2ccccc2)C1=O. The summed E-state index contributed by atoms with van der Waals surface area (Å²) < 4.78 is 0. The third-order valence-corrected chi connectivity index (χ3v) is 2.73. The van der Waals surface area contributed by atoms with Crippen molar-refractivity contribution in [3.05, 3.63) is 35.9 Å². The normalized spacial score (nSPS) is 22.1. The van der Waals surface area contributed by atoms with Gasteiger partial charge in [-0.3, -0.25) is 14.7 Å². The Morgan fingerprint density at radius 3 is 2.53 bits per heavy atom. The first-order valence-corrected chi connectivity index (χ1v) is 5.10. The van der Waals surface area contributed by atoms with E-state index < -0.39 is 0 Å². The van der Waals surface area contributed by atoms with Crippen molar-refractivity contribution in [1.82, 2.24) is 4.90 Å². The highest BCUT2D eigenvalue weighted by Crippen LogP contribution is 2.22. The standard InChI is InChI=1S/C12H14N2O/c1-9-12(15)14(8-13-9)10(2)11-6-4-3-5-7-11/h3-10H,1-2H3/t9-,10+/m1/s1. The van der Waals surface area contributed by atoms with Crippen molar-refractivity contribution in [3.8, 4) is 0 Å². The van der Waals surface area contributed by atoms with Crippen LogP contribution in [0, 0.1) is 0 Å². The van der Waals surface area contributed by atoms with Crippen LogP contribution in [0.4, 0.5) is 0 Å². The van der Waals surface area contributed by atoms with Crippen LogP contribution in [0.25, 0.3) is 0 Å². The van der Waals surface area contributed by atoms with Crippen molar-refractivity contribution in [2.45, 2.75) is 25.9 Å². The van der Waals surface area contributed by atoms with Crippen LogP contribution in [0.3, 0.4) is 0 Å². The lowest BCUT2D eigenvalue weighted by molar-refractivity contribution is -0.128. The van der Waals surface area contributed by atoms with E-state index >= 15 is 0 Å². The Labute approximate surface area is 89.4 Å². The Balaban J connectivity index is 2.20. The van der Waals surface area contributed by atoms with Gasteiger partial charge in [-0.05, 0) is 19.4 Å². The van der Waals surface area contributed by atoms with E-state index in [1.54, 1.807) is 11.2 Å². The molecule has 1 aliphatic rings. The first-order valence-electron chi connectivity index (χ1n) is 5.10. The summed E-state index contributed by atoms with van der Waals surface area (Å²) in [5.41, 5.74) is 1.13. The molecule has 1 aromatic carbocycles. The highest BCUT2D eigenvalue weighted by molar-refractivity contribution is 5.96. The van der Waals surface area contributed by atoms with Gasteiger partial charge in [0.05, 0.1) is 12.4 Å². The van der Waals surface area contributed by atoms with E-state index in [2.05, 4.69) is 4.99 Å². The van der Waals surface area contributed by atoms with Gasteiger partial charge in [0.2, 0.25) is 0 Å². The van der Waals surface area contributed by atoms with Crippen LogP contribution in [0.2, 0.25) is 0 Å². The first kappa shape index (κ1) is 9.90. The lowest BCUT2D eigenvalue weighted by atomic mass is 10.1. The Kier molecular flexibility index (Phi) is 2.54. The lowest BCUT2D eigenvalue weighted by Crippen LogP contribution is -2.32. The number of hydrogen-bond donors (Lipinski definition) is 0. The van der Waals surface area contributed by atoms with Crippen molar-refractivity contribution < 1.29 is 4.79 Å². The summed E-state index contributed by atoms with van der Waals surface area (Å²) in [4.78, 5) is 17.5. The molecule has 0 saturated heterocycles. The number of amides is 1. The van der Waals surface area contributed by atoms with E-state index in [0.717, 1.165) is 5.56 Å². The summed E-state index contributed by atoms with van der Waals surface area (Å²) in [7, 11) is 0. The van der Waals surface area contributed by atoms with Gasteiger partial charge in [-0.2, -0.15) is 0 Å². The number of benzene rings is 1. The fraction of sp³-hybridized carbons (Fsp3) is 0.333. The molecule has 0 N–H and O–H groups in total. The molecule has 78 valence electrons. The molecule has 0 aliphatic carbocycles. The molecule has 0 saturated carbocycles. The molecule has 1 aromatic rings. The highest BCUT2D eigenvalue weighted by Gasteiger charge is 2.28. The van der Waals surface area contributed by atoms with Crippen molar-refractivity contribution in [2.24, 2.45) is 4.99 Å². The summed E-state index contributed by atoms with van der Waals surface area (Å²) >= 11 is 0. The molecule has 0 radical (unpaired) electrons. The lowest BCUT2D eigenvalue weighted by Gasteiger charge is -2.22. The molecule has 3 heteroatoms. The van der Waals surface area contributed by atoms with Gasteiger partial charge >= 0.3 is 0 Å². The smallest absolute Gasteiger partial charge is 0.252 e. The third-order valence-electron chi connectivity index (χ3n) is 2.73. The minimum atomic E-state index is -0.226. The number of carbonyl (C=O) groups excluding carboxylic acids is 1. The summed E-state index contributed by atoms with van der Waals surface area (Å²) in [6, 6.07) is 9.81. The number of hydrogen-bond acceptors (Lipinski definition) is 2. The van der Waals surface area contributed by atoms with Gasteiger partial charge in [-0.15, -0.1) is 0 Å². The van der Waals surface area contributed by atoms with Gasteiger partial charge in [-0.25, -0.2) is 0 Å². The largest absolute Gasteiger partial charge is 0.294 e. The molecule has 0 unspecified atom stereocenters. The van der Waals surface area contributed by atoms with E-state index in [9.17, 15) is 4.79 Å². The molecule has 1 amide bonds. The van der Waals surface area contributed by atoms with E-state index in [4.69, 9.17) is 0 Å². The van der Waals surface area contributed by atoms with Crippen LogP contribution in [0.15, 0.2) is 35.3 Å². The Morgan fingerprint density at radius 1 is 1.33 bits per heavy atom. The topological polar surface area (TPSA) is 32.7 Å². The molecule has 2 rings (SSSR count). The molecule has 3 nitrogen and oxygen atoms in total. The van der Waals surface area contributed by atoms with Crippen LogP contribution < -0.4 is 0 Å². The second-order valence-corrected chi connectivity index (χ2v) is 3.77. The zero-order chi connectivity index (χ0) is 10.8. The number of aliphatic imine (C=N–C) groups is 1. The summed E-state index contributed by atoms with van der Waals surface area (Å²) in [5, 5.41) is 0. The number of carbonyl (C=O) groups is 1. The Hall–Kier alpha value is -1.64. The van der Waals surface area contributed by atoms with Crippen molar-refractivity contribution in [3.63, 3.8) is 0 Å². The molecule has 15 heavy (non-hydrogen) atoms. The molecular formula is C12H14N2O. The van der Waals surface area contributed by atoms with Gasteiger partial charge in [0.15, 0.2) is 0 Å². The predicted octanol–water partition coefficient (Wildman–Crippen LogP) is 2.01.